The summed E-state index contributed by atoms with van der Waals surface area (Å²) >= 11 is 0. The minimum atomic E-state index is 0.380. The van der Waals surface area contributed by atoms with Gasteiger partial charge < -0.3 is 20.1 Å². The summed E-state index contributed by atoms with van der Waals surface area (Å²) in [5.74, 6) is 2.74. The van der Waals surface area contributed by atoms with Crippen LogP contribution >= 0.6 is 0 Å². The number of nitrogens with zero attached hydrogens (tertiary/aromatic N) is 3. The number of aliphatic imine (C=N–C) groups is 1. The van der Waals surface area contributed by atoms with E-state index in [4.69, 9.17) is 4.52 Å². The highest BCUT2D eigenvalue weighted by Gasteiger charge is 2.18. The molecule has 0 amide bonds. The lowest BCUT2D eigenvalue weighted by Gasteiger charge is -2.32. The smallest absolute Gasteiger partial charge is 0.191 e. The lowest BCUT2D eigenvalue weighted by Crippen LogP contribution is -2.44. The van der Waals surface area contributed by atoms with Crippen LogP contribution in [0.3, 0.4) is 0 Å². The molecule has 1 fully saturated rings. The number of likely N-dealkylation sites (tertiary alicyclic amines) is 1. The van der Waals surface area contributed by atoms with E-state index >= 15 is 0 Å². The van der Waals surface area contributed by atoms with Crippen LogP contribution in [0, 0.1) is 5.92 Å². The van der Waals surface area contributed by atoms with Crippen molar-refractivity contribution in [3.05, 3.63) is 17.5 Å². The third kappa shape index (κ3) is 5.82. The number of nitrogens with one attached hydrogen (secondary N) is 2. The van der Waals surface area contributed by atoms with E-state index in [0.717, 1.165) is 37.0 Å². The molecule has 0 radical (unpaired) electrons. The SMILES string of the molecule is CCNC(=NCc1cc(C(C)C)no1)NCC1CCCN(CC)C1. The molecule has 1 aromatic rings. The van der Waals surface area contributed by atoms with Crippen molar-refractivity contribution >= 4 is 5.96 Å². The first-order valence-corrected chi connectivity index (χ1v) is 9.32. The van der Waals surface area contributed by atoms with Crippen LogP contribution in [0.1, 0.15) is 57.9 Å². The normalized spacial score (nSPS) is 19.7. The van der Waals surface area contributed by atoms with Crippen LogP contribution in [0.25, 0.3) is 0 Å². The molecule has 6 heteroatoms. The highest BCUT2D eigenvalue weighted by molar-refractivity contribution is 5.79. The fourth-order valence-corrected chi connectivity index (χ4v) is 3.02. The van der Waals surface area contributed by atoms with Crippen LogP contribution in [0.4, 0.5) is 0 Å². The maximum atomic E-state index is 5.36. The van der Waals surface area contributed by atoms with E-state index in [-0.39, 0.29) is 0 Å². The average molecular weight is 335 g/mol. The van der Waals surface area contributed by atoms with E-state index in [2.05, 4.69) is 53.4 Å². The van der Waals surface area contributed by atoms with Crippen LogP contribution in [-0.4, -0.2) is 48.7 Å². The molecule has 1 atom stereocenters. The van der Waals surface area contributed by atoms with Gasteiger partial charge in [0.15, 0.2) is 11.7 Å². The van der Waals surface area contributed by atoms with E-state index in [1.54, 1.807) is 0 Å². The summed E-state index contributed by atoms with van der Waals surface area (Å²) in [7, 11) is 0. The van der Waals surface area contributed by atoms with Gasteiger partial charge in [0.05, 0.1) is 5.69 Å². The Morgan fingerprint density at radius 3 is 2.92 bits per heavy atom. The molecule has 0 bridgehead atoms. The van der Waals surface area contributed by atoms with Crippen LogP contribution < -0.4 is 10.6 Å². The Morgan fingerprint density at radius 1 is 1.42 bits per heavy atom. The summed E-state index contributed by atoms with van der Waals surface area (Å²) in [6, 6.07) is 2.00. The Kier molecular flexibility index (Phi) is 7.56. The zero-order valence-corrected chi connectivity index (χ0v) is 15.6. The Labute approximate surface area is 146 Å². The van der Waals surface area contributed by atoms with Gasteiger partial charge in [0.25, 0.3) is 0 Å². The Morgan fingerprint density at radius 2 is 2.25 bits per heavy atom. The van der Waals surface area contributed by atoms with E-state index in [1.807, 2.05) is 6.07 Å². The summed E-state index contributed by atoms with van der Waals surface area (Å²) in [5.41, 5.74) is 0.986. The van der Waals surface area contributed by atoms with E-state index in [9.17, 15) is 0 Å². The fraction of sp³-hybridized carbons (Fsp3) is 0.778. The van der Waals surface area contributed by atoms with Gasteiger partial charge in [-0.2, -0.15) is 0 Å². The maximum Gasteiger partial charge on any atom is 0.191 e. The van der Waals surface area contributed by atoms with Crippen LogP contribution in [-0.2, 0) is 6.54 Å². The van der Waals surface area contributed by atoms with Gasteiger partial charge in [0.1, 0.15) is 6.54 Å². The third-order valence-electron chi connectivity index (χ3n) is 4.51. The lowest BCUT2D eigenvalue weighted by molar-refractivity contribution is 0.183. The largest absolute Gasteiger partial charge is 0.359 e. The summed E-state index contributed by atoms with van der Waals surface area (Å²) in [4.78, 5) is 7.16. The number of piperidine rings is 1. The van der Waals surface area contributed by atoms with Crippen molar-refractivity contribution in [3.8, 4) is 0 Å². The van der Waals surface area contributed by atoms with Crippen molar-refractivity contribution in [3.63, 3.8) is 0 Å². The number of hydrogen-bond donors (Lipinski definition) is 2. The van der Waals surface area contributed by atoms with Gasteiger partial charge in [-0.1, -0.05) is 25.9 Å². The standard InChI is InChI=1S/C18H33N5O/c1-5-19-18(20-11-15-8-7-9-23(6-2)13-15)21-12-16-10-17(14(3)4)22-24-16/h10,14-15H,5-9,11-13H2,1-4H3,(H2,19,20,21). The van der Waals surface area contributed by atoms with Gasteiger partial charge in [-0.05, 0) is 44.7 Å². The molecular formula is C18H33N5O. The topological polar surface area (TPSA) is 65.7 Å². The van der Waals surface area contributed by atoms with Crippen LogP contribution in [0.5, 0.6) is 0 Å². The molecule has 1 saturated heterocycles. The Hall–Kier alpha value is -1.56. The van der Waals surface area contributed by atoms with Crippen molar-refractivity contribution in [2.24, 2.45) is 10.9 Å². The molecular weight excluding hydrogens is 302 g/mol. The van der Waals surface area contributed by atoms with Gasteiger partial charge in [0, 0.05) is 25.7 Å². The summed E-state index contributed by atoms with van der Waals surface area (Å²) in [6.07, 6.45) is 2.59. The second-order valence-electron chi connectivity index (χ2n) is 6.85. The molecule has 1 aliphatic rings. The molecule has 0 saturated carbocycles. The van der Waals surface area contributed by atoms with Gasteiger partial charge >= 0.3 is 0 Å². The van der Waals surface area contributed by atoms with Gasteiger partial charge in [-0.15, -0.1) is 0 Å². The number of hydrogen-bond acceptors (Lipinski definition) is 4. The molecule has 1 aromatic heterocycles. The Bertz CT molecular complexity index is 511. The molecule has 24 heavy (non-hydrogen) atoms. The molecule has 1 aliphatic heterocycles. The number of aromatic nitrogens is 1. The predicted molar refractivity (Wildman–Crippen MR) is 98.2 cm³/mol. The van der Waals surface area contributed by atoms with Gasteiger partial charge in [0.2, 0.25) is 0 Å². The molecule has 2 rings (SSSR count). The second-order valence-corrected chi connectivity index (χ2v) is 6.85. The highest BCUT2D eigenvalue weighted by atomic mass is 16.5. The average Bonchev–Trinajstić information content (AvgIpc) is 3.07. The number of guanidine groups is 1. The monoisotopic (exact) mass is 335 g/mol. The van der Waals surface area contributed by atoms with Crippen molar-refractivity contribution < 1.29 is 4.52 Å². The quantitative estimate of drug-likeness (QED) is 0.592. The van der Waals surface area contributed by atoms with Crippen molar-refractivity contribution in [2.45, 2.75) is 53.0 Å². The third-order valence-corrected chi connectivity index (χ3v) is 4.51. The van der Waals surface area contributed by atoms with Crippen LogP contribution in [0.2, 0.25) is 0 Å². The molecule has 2 N–H and O–H groups in total. The van der Waals surface area contributed by atoms with Crippen molar-refractivity contribution in [2.75, 3.05) is 32.7 Å². The van der Waals surface area contributed by atoms with Crippen molar-refractivity contribution in [1.29, 1.82) is 0 Å². The molecule has 136 valence electrons. The lowest BCUT2D eigenvalue weighted by atomic mass is 9.98. The van der Waals surface area contributed by atoms with E-state index in [1.165, 1.54) is 25.9 Å². The number of rotatable bonds is 7. The zero-order chi connectivity index (χ0) is 17.4. The van der Waals surface area contributed by atoms with Gasteiger partial charge in [-0.25, -0.2) is 4.99 Å². The molecule has 6 nitrogen and oxygen atoms in total. The Balaban J connectivity index is 1.85. The first-order valence-electron chi connectivity index (χ1n) is 9.32. The summed E-state index contributed by atoms with van der Waals surface area (Å²) in [5, 5.41) is 10.9. The second kappa shape index (κ2) is 9.67. The minimum Gasteiger partial charge on any atom is -0.359 e. The first-order chi connectivity index (χ1) is 11.6. The highest BCUT2D eigenvalue weighted by Crippen LogP contribution is 2.16. The summed E-state index contributed by atoms with van der Waals surface area (Å²) < 4.78 is 5.36. The fourth-order valence-electron chi connectivity index (χ4n) is 3.02. The minimum absolute atomic E-state index is 0.380. The van der Waals surface area contributed by atoms with Gasteiger partial charge in [-0.3, -0.25) is 0 Å². The van der Waals surface area contributed by atoms with E-state index in [0.29, 0.717) is 18.4 Å². The van der Waals surface area contributed by atoms with Crippen molar-refractivity contribution in [1.82, 2.24) is 20.7 Å². The molecule has 0 aliphatic carbocycles. The van der Waals surface area contributed by atoms with Crippen LogP contribution in [0.15, 0.2) is 15.6 Å². The molecule has 0 spiro atoms. The molecule has 2 heterocycles. The van der Waals surface area contributed by atoms with E-state index < -0.39 is 0 Å². The first kappa shape index (κ1) is 18.8. The predicted octanol–water partition coefficient (Wildman–Crippen LogP) is 2.59. The zero-order valence-electron chi connectivity index (χ0n) is 15.6. The maximum absolute atomic E-state index is 5.36. The molecule has 1 unspecified atom stereocenters. The molecule has 0 aromatic carbocycles. The summed E-state index contributed by atoms with van der Waals surface area (Å²) in [6.45, 7) is 14.5.